The summed E-state index contributed by atoms with van der Waals surface area (Å²) in [5.74, 6) is -0.342. The molecule has 0 radical (unpaired) electrons. The average molecular weight is 256 g/mol. The van der Waals surface area contributed by atoms with Gasteiger partial charge in [-0.25, -0.2) is 4.79 Å². The first-order chi connectivity index (χ1) is 9.19. The second-order valence-corrected chi connectivity index (χ2v) is 4.79. The predicted octanol–water partition coefficient (Wildman–Crippen LogP) is 2.14. The molecular formula is C15H16N2O2. The molecular weight excluding hydrogens is 240 g/mol. The topological polar surface area (TPSA) is 54.1 Å². The third-order valence-corrected chi connectivity index (χ3v) is 3.48. The van der Waals surface area contributed by atoms with Crippen LogP contribution in [0, 0.1) is 6.92 Å². The van der Waals surface area contributed by atoms with Gasteiger partial charge >= 0.3 is 5.97 Å². The van der Waals surface area contributed by atoms with Gasteiger partial charge in [-0.05, 0) is 31.0 Å². The minimum absolute atomic E-state index is 0.342. The molecule has 2 heterocycles. The van der Waals surface area contributed by atoms with E-state index in [4.69, 9.17) is 4.74 Å². The van der Waals surface area contributed by atoms with Crippen molar-refractivity contribution in [1.29, 1.82) is 0 Å². The van der Waals surface area contributed by atoms with Crippen LogP contribution in [0.1, 0.15) is 16.8 Å². The third kappa shape index (κ3) is 1.99. The predicted molar refractivity (Wildman–Crippen MR) is 74.7 cm³/mol. The molecule has 0 unspecified atom stereocenters. The van der Waals surface area contributed by atoms with Gasteiger partial charge in [-0.1, -0.05) is 11.6 Å². The molecule has 0 saturated heterocycles. The van der Waals surface area contributed by atoms with Crippen molar-refractivity contribution in [2.45, 2.75) is 13.3 Å². The van der Waals surface area contributed by atoms with E-state index >= 15 is 0 Å². The van der Waals surface area contributed by atoms with E-state index in [1.165, 1.54) is 29.7 Å². The van der Waals surface area contributed by atoms with Gasteiger partial charge < -0.3 is 15.0 Å². The molecule has 0 spiro atoms. The van der Waals surface area contributed by atoms with Crippen LogP contribution < -0.4 is 5.32 Å². The SMILES string of the molecule is COC(=O)/C=C1\NCCc2c1[nH]c1ccc(C)cc21. The lowest BCUT2D eigenvalue weighted by Crippen LogP contribution is -2.23. The molecule has 4 heteroatoms. The molecule has 98 valence electrons. The molecule has 0 saturated carbocycles. The number of esters is 1. The number of ether oxygens (including phenoxy) is 1. The van der Waals surface area contributed by atoms with Crippen LogP contribution in [0.25, 0.3) is 16.6 Å². The van der Waals surface area contributed by atoms with Gasteiger partial charge in [-0.2, -0.15) is 0 Å². The maximum atomic E-state index is 11.4. The molecule has 1 aliphatic heterocycles. The summed E-state index contributed by atoms with van der Waals surface area (Å²) >= 11 is 0. The van der Waals surface area contributed by atoms with Crippen molar-refractivity contribution in [2.24, 2.45) is 0 Å². The molecule has 3 rings (SSSR count). The first-order valence-electron chi connectivity index (χ1n) is 6.34. The summed E-state index contributed by atoms with van der Waals surface area (Å²) in [6.07, 6.45) is 2.46. The zero-order valence-electron chi connectivity index (χ0n) is 11.0. The number of nitrogens with one attached hydrogen (secondary N) is 2. The molecule has 0 amide bonds. The van der Waals surface area contributed by atoms with Gasteiger partial charge in [-0.15, -0.1) is 0 Å². The highest BCUT2D eigenvalue weighted by molar-refractivity contribution is 5.95. The molecule has 1 aliphatic rings. The van der Waals surface area contributed by atoms with Crippen molar-refractivity contribution < 1.29 is 9.53 Å². The Balaban J connectivity index is 2.18. The van der Waals surface area contributed by atoms with E-state index in [0.717, 1.165) is 29.9 Å². The van der Waals surface area contributed by atoms with Gasteiger partial charge in [0.2, 0.25) is 0 Å². The lowest BCUT2D eigenvalue weighted by atomic mass is 10.0. The summed E-state index contributed by atoms with van der Waals surface area (Å²) in [6.45, 7) is 2.92. The Kier molecular flexibility index (Phi) is 2.78. The maximum Gasteiger partial charge on any atom is 0.332 e. The van der Waals surface area contributed by atoms with Crippen LogP contribution in [-0.2, 0) is 16.0 Å². The van der Waals surface area contributed by atoms with Crippen LogP contribution in [-0.4, -0.2) is 24.6 Å². The minimum Gasteiger partial charge on any atom is -0.466 e. The Bertz CT molecular complexity index is 683. The van der Waals surface area contributed by atoms with E-state index in [1.807, 2.05) is 0 Å². The molecule has 0 aliphatic carbocycles. The second-order valence-electron chi connectivity index (χ2n) is 4.79. The molecule has 0 fully saturated rings. The van der Waals surface area contributed by atoms with Crippen LogP contribution in [0.4, 0.5) is 0 Å². The average Bonchev–Trinajstić information content (AvgIpc) is 2.78. The number of fused-ring (bicyclic) bond motifs is 3. The number of methoxy groups -OCH3 is 1. The number of hydrogen-bond donors (Lipinski definition) is 2. The maximum absolute atomic E-state index is 11.4. The van der Waals surface area contributed by atoms with Gasteiger partial charge in [0.05, 0.1) is 18.5 Å². The normalized spacial score (nSPS) is 16.2. The van der Waals surface area contributed by atoms with Crippen molar-refractivity contribution in [1.82, 2.24) is 10.3 Å². The first-order valence-corrected chi connectivity index (χ1v) is 6.34. The highest BCUT2D eigenvalue weighted by Gasteiger charge is 2.19. The number of hydrogen-bond acceptors (Lipinski definition) is 3. The third-order valence-electron chi connectivity index (χ3n) is 3.48. The van der Waals surface area contributed by atoms with Crippen LogP contribution in [0.3, 0.4) is 0 Å². The molecule has 4 nitrogen and oxygen atoms in total. The van der Waals surface area contributed by atoms with Crippen molar-refractivity contribution in [2.75, 3.05) is 13.7 Å². The summed E-state index contributed by atoms with van der Waals surface area (Å²) in [5, 5.41) is 4.49. The number of carbonyl (C=O) groups is 1. The summed E-state index contributed by atoms with van der Waals surface area (Å²) in [6, 6.07) is 6.35. The van der Waals surface area contributed by atoms with Gasteiger partial charge in [0.15, 0.2) is 0 Å². The largest absolute Gasteiger partial charge is 0.466 e. The fraction of sp³-hybridized carbons (Fsp3) is 0.267. The van der Waals surface area contributed by atoms with E-state index in [-0.39, 0.29) is 5.97 Å². The lowest BCUT2D eigenvalue weighted by Gasteiger charge is -2.17. The molecule has 0 bridgehead atoms. The number of aromatic nitrogens is 1. The Morgan fingerprint density at radius 2 is 2.26 bits per heavy atom. The fourth-order valence-corrected chi connectivity index (χ4v) is 2.56. The van der Waals surface area contributed by atoms with Crippen molar-refractivity contribution in [3.05, 3.63) is 41.1 Å². The Hall–Kier alpha value is -2.23. The molecule has 0 atom stereocenters. The Morgan fingerprint density at radius 3 is 3.05 bits per heavy atom. The van der Waals surface area contributed by atoms with Gasteiger partial charge in [0.1, 0.15) is 0 Å². The fourth-order valence-electron chi connectivity index (χ4n) is 2.56. The highest BCUT2D eigenvalue weighted by atomic mass is 16.5. The zero-order chi connectivity index (χ0) is 13.4. The molecule has 1 aromatic heterocycles. The number of benzene rings is 1. The van der Waals surface area contributed by atoms with Crippen molar-refractivity contribution >= 4 is 22.6 Å². The Morgan fingerprint density at radius 1 is 1.42 bits per heavy atom. The number of carbonyl (C=O) groups excluding carboxylic acids is 1. The Labute approximate surface area is 111 Å². The van der Waals surface area contributed by atoms with Crippen LogP contribution in [0.15, 0.2) is 24.3 Å². The molecule has 2 N–H and O–H groups in total. The minimum atomic E-state index is -0.342. The summed E-state index contributed by atoms with van der Waals surface area (Å²) < 4.78 is 4.69. The number of aryl methyl sites for hydroxylation is 1. The highest BCUT2D eigenvalue weighted by Crippen LogP contribution is 2.30. The van der Waals surface area contributed by atoms with Gasteiger partial charge in [-0.3, -0.25) is 0 Å². The number of H-pyrrole nitrogens is 1. The smallest absolute Gasteiger partial charge is 0.332 e. The van der Waals surface area contributed by atoms with E-state index < -0.39 is 0 Å². The number of rotatable bonds is 1. The van der Waals surface area contributed by atoms with Crippen LogP contribution in [0.2, 0.25) is 0 Å². The second kappa shape index (κ2) is 4.46. The van der Waals surface area contributed by atoms with Crippen molar-refractivity contribution in [3.63, 3.8) is 0 Å². The van der Waals surface area contributed by atoms with E-state index in [0.29, 0.717) is 0 Å². The van der Waals surface area contributed by atoms with Crippen molar-refractivity contribution in [3.8, 4) is 0 Å². The molecule has 2 aromatic rings. The summed E-state index contributed by atoms with van der Waals surface area (Å²) in [7, 11) is 1.39. The molecule has 1 aromatic carbocycles. The summed E-state index contributed by atoms with van der Waals surface area (Å²) in [5.41, 5.74) is 5.42. The monoisotopic (exact) mass is 256 g/mol. The lowest BCUT2D eigenvalue weighted by molar-refractivity contribution is -0.134. The number of aromatic amines is 1. The van der Waals surface area contributed by atoms with Gasteiger partial charge in [0.25, 0.3) is 0 Å². The van der Waals surface area contributed by atoms with Crippen LogP contribution >= 0.6 is 0 Å². The molecule has 19 heavy (non-hydrogen) atoms. The standard InChI is InChI=1S/C15H16N2O2/c1-9-3-4-12-11(7-9)10-5-6-16-13(15(10)17-12)8-14(18)19-2/h3-4,7-8,16-17H,5-6H2,1-2H3/b13-8-. The van der Waals surface area contributed by atoms with E-state index in [2.05, 4.69) is 35.4 Å². The quantitative estimate of drug-likeness (QED) is 0.607. The van der Waals surface area contributed by atoms with E-state index in [9.17, 15) is 4.79 Å². The first kappa shape index (κ1) is 11.8. The van der Waals surface area contributed by atoms with Gasteiger partial charge in [0, 0.05) is 23.5 Å². The summed E-state index contributed by atoms with van der Waals surface area (Å²) in [4.78, 5) is 14.8. The zero-order valence-corrected chi connectivity index (χ0v) is 11.0. The van der Waals surface area contributed by atoms with Crippen LogP contribution in [0.5, 0.6) is 0 Å². The van der Waals surface area contributed by atoms with E-state index in [1.54, 1.807) is 0 Å².